The predicted molar refractivity (Wildman–Crippen MR) is 141 cm³/mol. The van der Waals surface area contributed by atoms with Crippen molar-refractivity contribution in [3.05, 3.63) is 108 Å². The van der Waals surface area contributed by atoms with E-state index in [0.717, 1.165) is 6.54 Å². The van der Waals surface area contributed by atoms with Gasteiger partial charge in [0.05, 0.1) is 0 Å². The average molecular weight is 426 g/mol. The molecule has 0 amide bonds. The lowest BCUT2D eigenvalue weighted by Crippen LogP contribution is -2.11. The third-order valence-corrected chi connectivity index (χ3v) is 7.88. The number of benzene rings is 5. The van der Waals surface area contributed by atoms with Crippen LogP contribution in [0.15, 0.2) is 91.0 Å². The quantitative estimate of drug-likeness (QED) is 0.245. The van der Waals surface area contributed by atoms with Crippen LogP contribution in [0.25, 0.3) is 43.4 Å². The summed E-state index contributed by atoms with van der Waals surface area (Å²) in [5.74, 6) is 0.470. The van der Waals surface area contributed by atoms with Gasteiger partial charge in [-0.2, -0.15) is 0 Å². The van der Waals surface area contributed by atoms with E-state index in [1.807, 2.05) is 0 Å². The molecular formula is C32H27N. The summed E-state index contributed by atoms with van der Waals surface area (Å²) in [5.41, 5.74) is 7.24. The molecule has 0 fully saturated rings. The lowest BCUT2D eigenvalue weighted by Gasteiger charge is -2.27. The molecule has 1 nitrogen and oxygen atoms in total. The third-order valence-electron chi connectivity index (χ3n) is 7.88. The maximum Gasteiger partial charge on any atom is 0.0491 e. The predicted octanol–water partition coefficient (Wildman–Crippen LogP) is 8.59. The van der Waals surface area contributed by atoms with Crippen LogP contribution in [0.5, 0.6) is 0 Å². The molecule has 1 atom stereocenters. The molecule has 5 aromatic carbocycles. The van der Waals surface area contributed by atoms with Crippen LogP contribution >= 0.6 is 0 Å². The summed E-state index contributed by atoms with van der Waals surface area (Å²) in [6.07, 6.45) is 3.65. The first-order valence-corrected chi connectivity index (χ1v) is 12.3. The monoisotopic (exact) mass is 425 g/mol. The number of rotatable bonds is 2. The second kappa shape index (κ2) is 7.22. The Morgan fingerprint density at radius 1 is 0.697 bits per heavy atom. The lowest BCUT2D eigenvalue weighted by molar-refractivity contribution is 0.620. The Morgan fingerprint density at radius 2 is 1.48 bits per heavy atom. The van der Waals surface area contributed by atoms with Gasteiger partial charge in [-0.25, -0.2) is 0 Å². The minimum atomic E-state index is 0.470. The Kier molecular flexibility index (Phi) is 4.14. The summed E-state index contributed by atoms with van der Waals surface area (Å²) in [4.78, 5) is 0. The largest absolute Gasteiger partial charge is 0.341 e. The molecule has 0 bridgehead atoms. The molecule has 0 saturated carbocycles. The highest BCUT2D eigenvalue weighted by Gasteiger charge is 2.24. The number of hydrogen-bond donors (Lipinski definition) is 0. The van der Waals surface area contributed by atoms with E-state index in [4.69, 9.17) is 0 Å². The molecule has 0 radical (unpaired) electrons. The maximum atomic E-state index is 2.48. The van der Waals surface area contributed by atoms with E-state index < -0.39 is 0 Å². The fraction of sp³-hybridized carbons (Fsp3) is 0.188. The second-order valence-electron chi connectivity index (χ2n) is 9.50. The van der Waals surface area contributed by atoms with Crippen molar-refractivity contribution in [2.75, 3.05) is 0 Å². The molecule has 6 aromatic rings. The van der Waals surface area contributed by atoms with Crippen molar-refractivity contribution in [3.63, 3.8) is 0 Å². The van der Waals surface area contributed by atoms with Crippen molar-refractivity contribution >= 4 is 43.4 Å². The Bertz CT molecular complexity index is 1680. The van der Waals surface area contributed by atoms with E-state index in [9.17, 15) is 0 Å². The van der Waals surface area contributed by atoms with E-state index in [-0.39, 0.29) is 0 Å². The van der Waals surface area contributed by atoms with E-state index in [1.54, 1.807) is 5.56 Å². The van der Waals surface area contributed by atoms with Gasteiger partial charge in [-0.05, 0) is 82.6 Å². The number of aromatic nitrogens is 1. The van der Waals surface area contributed by atoms with Crippen molar-refractivity contribution in [3.8, 4) is 0 Å². The van der Waals surface area contributed by atoms with Crippen molar-refractivity contribution < 1.29 is 0 Å². The summed E-state index contributed by atoms with van der Waals surface area (Å²) < 4.78 is 2.45. The molecule has 160 valence electrons. The fourth-order valence-corrected chi connectivity index (χ4v) is 6.39. The van der Waals surface area contributed by atoms with Crippen LogP contribution in [-0.2, 0) is 13.0 Å². The molecule has 1 aliphatic rings. The first kappa shape index (κ1) is 18.9. The smallest absolute Gasteiger partial charge is 0.0491 e. The Morgan fingerprint density at radius 3 is 2.39 bits per heavy atom. The van der Waals surface area contributed by atoms with Crippen LogP contribution in [0.2, 0.25) is 0 Å². The zero-order valence-corrected chi connectivity index (χ0v) is 19.0. The average Bonchev–Trinajstić information content (AvgIpc) is 3.20. The molecule has 0 aliphatic heterocycles. The zero-order chi connectivity index (χ0) is 21.9. The van der Waals surface area contributed by atoms with Gasteiger partial charge in [-0.1, -0.05) is 72.8 Å². The molecule has 1 heteroatoms. The molecular weight excluding hydrogens is 398 g/mol. The number of hydrogen-bond acceptors (Lipinski definition) is 0. The highest BCUT2D eigenvalue weighted by atomic mass is 15.0. The van der Waals surface area contributed by atoms with Crippen molar-refractivity contribution in [1.82, 2.24) is 4.57 Å². The van der Waals surface area contributed by atoms with Crippen molar-refractivity contribution in [1.29, 1.82) is 0 Å². The molecule has 1 aromatic heterocycles. The fourth-order valence-electron chi connectivity index (χ4n) is 6.39. The van der Waals surface area contributed by atoms with Crippen molar-refractivity contribution in [2.24, 2.45) is 0 Å². The zero-order valence-electron chi connectivity index (χ0n) is 19.0. The van der Waals surface area contributed by atoms with Crippen LogP contribution in [0.1, 0.15) is 42.4 Å². The second-order valence-corrected chi connectivity index (χ2v) is 9.50. The van der Waals surface area contributed by atoms with Gasteiger partial charge >= 0.3 is 0 Å². The van der Waals surface area contributed by atoms with E-state index in [0.29, 0.717) is 5.92 Å². The first-order valence-electron chi connectivity index (χ1n) is 12.3. The number of fused-ring (bicyclic) bond motifs is 8. The normalized spacial score (nSPS) is 16.1. The lowest BCUT2D eigenvalue weighted by atomic mass is 9.76. The van der Waals surface area contributed by atoms with Gasteiger partial charge < -0.3 is 4.57 Å². The standard InChI is InChI=1S/C32H27N/c1-2-33-31-13-6-5-10-29(31)30-20-22(15-19-32(30)33)24-11-7-12-25-27(24)18-17-26-23-9-4-3-8-21(23)14-16-28(25)26/h3-6,8-10,13-20,24H,2,7,11-12H2,1H3. The first-order chi connectivity index (χ1) is 16.3. The molecule has 33 heavy (non-hydrogen) atoms. The van der Waals surface area contributed by atoms with Crippen LogP contribution in [0, 0.1) is 0 Å². The van der Waals surface area contributed by atoms with Gasteiger partial charge in [-0.3, -0.25) is 0 Å². The highest BCUT2D eigenvalue weighted by Crippen LogP contribution is 2.42. The number of para-hydroxylation sites is 1. The number of aryl methyl sites for hydroxylation is 2. The SMILES string of the molecule is CCn1c2ccccc2c2cc(C3CCCc4c3ccc3c4ccc4ccccc43)ccc21. The molecule has 0 spiro atoms. The molecule has 1 heterocycles. The molecule has 1 unspecified atom stereocenters. The Hall–Kier alpha value is -3.58. The van der Waals surface area contributed by atoms with E-state index in [2.05, 4.69) is 102 Å². The minimum Gasteiger partial charge on any atom is -0.341 e. The van der Waals surface area contributed by atoms with Crippen molar-refractivity contribution in [2.45, 2.75) is 38.6 Å². The maximum absolute atomic E-state index is 2.48. The molecule has 1 aliphatic carbocycles. The molecule has 0 saturated heterocycles. The van der Waals surface area contributed by atoms with E-state index in [1.165, 1.54) is 73.7 Å². The van der Waals surface area contributed by atoms with Gasteiger partial charge in [0.1, 0.15) is 0 Å². The molecule has 0 N–H and O–H groups in total. The Labute approximate surface area is 194 Å². The van der Waals surface area contributed by atoms with E-state index >= 15 is 0 Å². The van der Waals surface area contributed by atoms with Crippen LogP contribution in [-0.4, -0.2) is 4.57 Å². The van der Waals surface area contributed by atoms with Gasteiger partial charge in [0.25, 0.3) is 0 Å². The highest BCUT2D eigenvalue weighted by molar-refractivity contribution is 6.09. The number of nitrogens with zero attached hydrogens (tertiary/aromatic N) is 1. The topological polar surface area (TPSA) is 4.93 Å². The van der Waals surface area contributed by atoms with Crippen LogP contribution in [0.3, 0.4) is 0 Å². The van der Waals surface area contributed by atoms with Gasteiger partial charge in [-0.15, -0.1) is 0 Å². The molecule has 7 rings (SSSR count). The van der Waals surface area contributed by atoms with Crippen LogP contribution < -0.4 is 0 Å². The van der Waals surface area contributed by atoms with Crippen LogP contribution in [0.4, 0.5) is 0 Å². The van der Waals surface area contributed by atoms with Gasteiger partial charge in [0.2, 0.25) is 0 Å². The summed E-state index contributed by atoms with van der Waals surface area (Å²) in [5, 5.41) is 8.30. The summed E-state index contributed by atoms with van der Waals surface area (Å²) in [7, 11) is 0. The summed E-state index contributed by atoms with van der Waals surface area (Å²) in [6, 6.07) is 34.3. The Balaban J connectivity index is 1.43. The van der Waals surface area contributed by atoms with Gasteiger partial charge in [0.15, 0.2) is 0 Å². The summed E-state index contributed by atoms with van der Waals surface area (Å²) >= 11 is 0. The summed E-state index contributed by atoms with van der Waals surface area (Å²) in [6.45, 7) is 3.24. The third kappa shape index (κ3) is 2.72. The van der Waals surface area contributed by atoms with Gasteiger partial charge in [0, 0.05) is 34.3 Å². The minimum absolute atomic E-state index is 0.470.